The molecule has 1 rings (SSSR count). The molecule has 0 aliphatic carbocycles. The molecule has 0 bridgehead atoms. The second-order valence-electron chi connectivity index (χ2n) is 1.86. The molecule has 1 aromatic rings. The summed E-state index contributed by atoms with van der Waals surface area (Å²) in [6, 6.07) is 0. The van der Waals surface area contributed by atoms with Gasteiger partial charge in [-0.25, -0.2) is 0 Å². The second kappa shape index (κ2) is 5.42. The van der Waals surface area contributed by atoms with Crippen LogP contribution in [0.15, 0.2) is 11.7 Å². The van der Waals surface area contributed by atoms with Crippen molar-refractivity contribution in [3.63, 3.8) is 0 Å². The van der Waals surface area contributed by atoms with E-state index in [1.54, 1.807) is 0 Å². The van der Waals surface area contributed by atoms with Gasteiger partial charge in [0.25, 0.3) is 0 Å². The minimum absolute atomic E-state index is 0. The molecule has 12 heavy (non-hydrogen) atoms. The maximum atomic E-state index is 10.5. The van der Waals surface area contributed by atoms with Crippen molar-refractivity contribution in [2.24, 2.45) is 0 Å². The Bertz CT molecular complexity index is 272. The molecule has 0 N–H and O–H groups in total. The van der Waals surface area contributed by atoms with Gasteiger partial charge < -0.3 is 9.90 Å². The zero-order valence-electron chi connectivity index (χ0n) is 6.44. The molecule has 4 nitrogen and oxygen atoms in total. The zero-order valence-corrected chi connectivity index (χ0v) is 9.26. The Morgan fingerprint density at radius 3 is 2.67 bits per heavy atom. The van der Waals surface area contributed by atoms with Crippen LogP contribution in [-0.2, 0) is 16.0 Å². The first-order chi connectivity index (χ1) is 5.20. The van der Waals surface area contributed by atoms with Crippen molar-refractivity contribution in [3.05, 3.63) is 16.6 Å². The molecule has 0 aliphatic rings. The third kappa shape index (κ3) is 3.44. The number of nitrogens with zero attached hydrogens (tertiary/aromatic N) is 1. The third-order valence-electron chi connectivity index (χ3n) is 1.05. The molecular weight excluding hydrogens is 189 g/mol. The molecular formula is C6H4NNaO3S. The van der Waals surface area contributed by atoms with Crippen LogP contribution in [0, 0.1) is 0 Å². The maximum absolute atomic E-state index is 10.5. The van der Waals surface area contributed by atoms with Crippen LogP contribution in [0.3, 0.4) is 0 Å². The van der Waals surface area contributed by atoms with E-state index >= 15 is 0 Å². The van der Waals surface area contributed by atoms with E-state index in [1.807, 2.05) is 0 Å². The van der Waals surface area contributed by atoms with Crippen LogP contribution in [0.1, 0.15) is 4.88 Å². The van der Waals surface area contributed by atoms with Crippen LogP contribution in [0.4, 0.5) is 0 Å². The van der Waals surface area contributed by atoms with E-state index in [2.05, 4.69) is 4.98 Å². The molecule has 0 unspecified atom stereocenters. The van der Waals surface area contributed by atoms with Gasteiger partial charge in [-0.15, -0.1) is 11.3 Å². The van der Waals surface area contributed by atoms with Gasteiger partial charge in [0.1, 0.15) is 5.97 Å². The third-order valence-corrected chi connectivity index (χ3v) is 1.83. The molecule has 0 amide bonds. The smallest absolute Gasteiger partial charge is 0.542 e. The average Bonchev–Trinajstić information content (AvgIpc) is 2.39. The van der Waals surface area contributed by atoms with Crippen molar-refractivity contribution in [3.8, 4) is 0 Å². The molecule has 1 heterocycles. The maximum Gasteiger partial charge on any atom is 1.00 e. The van der Waals surface area contributed by atoms with Gasteiger partial charge in [0, 0.05) is 17.5 Å². The van der Waals surface area contributed by atoms with Crippen LogP contribution < -0.4 is 34.7 Å². The van der Waals surface area contributed by atoms with Gasteiger partial charge in [-0.1, -0.05) is 0 Å². The Labute approximate surface area is 94.9 Å². The number of hydrogen-bond acceptors (Lipinski definition) is 5. The fourth-order valence-corrected chi connectivity index (χ4v) is 1.15. The normalized spacial score (nSPS) is 8.67. The number of ketones is 1. The summed E-state index contributed by atoms with van der Waals surface area (Å²) in [6.45, 7) is 0. The van der Waals surface area contributed by atoms with Crippen molar-refractivity contribution in [1.29, 1.82) is 0 Å². The number of carboxylic acids is 1. The van der Waals surface area contributed by atoms with Crippen molar-refractivity contribution >= 4 is 23.1 Å². The van der Waals surface area contributed by atoms with Crippen molar-refractivity contribution in [2.75, 3.05) is 0 Å². The quantitative estimate of drug-likeness (QED) is 0.362. The molecule has 1 aromatic heterocycles. The zero-order chi connectivity index (χ0) is 8.27. The molecule has 0 spiro atoms. The Morgan fingerprint density at radius 1 is 1.58 bits per heavy atom. The van der Waals surface area contributed by atoms with Gasteiger partial charge in [0.2, 0.25) is 0 Å². The van der Waals surface area contributed by atoms with Gasteiger partial charge in [0.15, 0.2) is 5.78 Å². The fourth-order valence-electron chi connectivity index (χ4n) is 0.560. The van der Waals surface area contributed by atoms with Gasteiger partial charge >= 0.3 is 29.6 Å². The van der Waals surface area contributed by atoms with Crippen molar-refractivity contribution in [2.45, 2.75) is 6.42 Å². The van der Waals surface area contributed by atoms with E-state index < -0.39 is 11.8 Å². The predicted molar refractivity (Wildman–Crippen MR) is 35.8 cm³/mol. The largest absolute Gasteiger partial charge is 1.00 e. The number of aliphatic carboxylic acids is 1. The minimum atomic E-state index is -1.64. The van der Waals surface area contributed by atoms with Gasteiger partial charge in [0.05, 0.1) is 5.51 Å². The molecule has 0 saturated carbocycles. The molecule has 6 heteroatoms. The van der Waals surface area contributed by atoms with E-state index in [0.717, 1.165) is 0 Å². The molecule has 0 saturated heterocycles. The average molecular weight is 193 g/mol. The van der Waals surface area contributed by atoms with Gasteiger partial charge in [-0.3, -0.25) is 9.78 Å². The number of hydrogen-bond donors (Lipinski definition) is 0. The Hall–Kier alpha value is -0.230. The molecule has 0 radical (unpaired) electrons. The summed E-state index contributed by atoms with van der Waals surface area (Å²) in [7, 11) is 0. The van der Waals surface area contributed by atoms with Crippen LogP contribution >= 0.6 is 11.3 Å². The standard InChI is InChI=1S/C6H5NO3S.Na/c8-5(6(9)10)1-4-2-7-3-11-4;/h2-3H,1H2,(H,9,10);/q;+1/p-1. The number of rotatable bonds is 3. The predicted octanol–water partition coefficient (Wildman–Crippen LogP) is -3.99. The minimum Gasteiger partial charge on any atom is -0.542 e. The fraction of sp³-hybridized carbons (Fsp3) is 0.167. The molecule has 58 valence electrons. The van der Waals surface area contributed by atoms with Gasteiger partial charge in [-0.05, 0) is 0 Å². The van der Waals surface area contributed by atoms with E-state index in [1.165, 1.54) is 23.0 Å². The number of carbonyl (C=O) groups excluding carboxylic acids is 2. The van der Waals surface area contributed by atoms with E-state index in [4.69, 9.17) is 0 Å². The topological polar surface area (TPSA) is 70.1 Å². The Kier molecular flexibility index (Phi) is 5.32. The van der Waals surface area contributed by atoms with E-state index in [0.29, 0.717) is 4.88 Å². The van der Waals surface area contributed by atoms with E-state index in [-0.39, 0.29) is 36.0 Å². The first-order valence-corrected chi connectivity index (χ1v) is 3.69. The summed E-state index contributed by atoms with van der Waals surface area (Å²) in [6.07, 6.45) is 1.35. The van der Waals surface area contributed by atoms with Crippen LogP contribution in [0.2, 0.25) is 0 Å². The molecule has 0 fully saturated rings. The van der Waals surface area contributed by atoms with Crippen LogP contribution in [0.5, 0.6) is 0 Å². The number of aromatic nitrogens is 1. The summed E-state index contributed by atoms with van der Waals surface area (Å²) in [4.78, 5) is 24.8. The second-order valence-corrected chi connectivity index (χ2v) is 2.83. The molecule has 0 aliphatic heterocycles. The summed E-state index contributed by atoms with van der Waals surface area (Å²) in [5.74, 6) is -2.55. The van der Waals surface area contributed by atoms with Crippen LogP contribution in [0.25, 0.3) is 0 Å². The number of carbonyl (C=O) groups is 2. The number of thiazole rings is 1. The summed E-state index contributed by atoms with van der Waals surface area (Å²) in [5.41, 5.74) is 1.54. The molecule has 0 atom stereocenters. The van der Waals surface area contributed by atoms with Crippen molar-refractivity contribution < 1.29 is 44.3 Å². The first kappa shape index (κ1) is 11.8. The van der Waals surface area contributed by atoms with Crippen LogP contribution in [-0.4, -0.2) is 16.7 Å². The molecule has 0 aromatic carbocycles. The van der Waals surface area contributed by atoms with Gasteiger partial charge in [-0.2, -0.15) is 0 Å². The Balaban J connectivity index is 0.00000121. The first-order valence-electron chi connectivity index (χ1n) is 2.81. The SMILES string of the molecule is O=C([O-])C(=O)Cc1cncs1.[Na+]. The summed E-state index contributed by atoms with van der Waals surface area (Å²) >= 11 is 1.25. The number of Topliss-reactive ketones (excluding diaryl/α,β-unsaturated/α-hetero) is 1. The summed E-state index contributed by atoms with van der Waals surface area (Å²) in [5, 5.41) is 9.95. The van der Waals surface area contributed by atoms with E-state index in [9.17, 15) is 14.7 Å². The Morgan fingerprint density at radius 2 is 2.25 bits per heavy atom. The van der Waals surface area contributed by atoms with Crippen molar-refractivity contribution in [1.82, 2.24) is 4.98 Å². The monoisotopic (exact) mass is 193 g/mol. The number of carboxylic acid groups (broad SMARTS) is 1. The summed E-state index contributed by atoms with van der Waals surface area (Å²) < 4.78 is 0.